The zero-order chi connectivity index (χ0) is 26.9. The summed E-state index contributed by atoms with van der Waals surface area (Å²) in [6, 6.07) is 24.9. The molecule has 0 unspecified atom stereocenters. The van der Waals surface area contributed by atoms with Gasteiger partial charge in [0.2, 0.25) is 11.7 Å². The zero-order valence-corrected chi connectivity index (χ0v) is 21.7. The summed E-state index contributed by atoms with van der Waals surface area (Å²) in [6.45, 7) is 3.91. The molecule has 0 radical (unpaired) electrons. The molecule has 0 aliphatic heterocycles. The van der Waals surface area contributed by atoms with E-state index in [1.165, 1.54) is 10.5 Å². The lowest BCUT2D eigenvalue weighted by Crippen LogP contribution is -2.47. The van der Waals surface area contributed by atoms with Crippen LogP contribution < -0.4 is 0 Å². The predicted octanol–water partition coefficient (Wildman–Crippen LogP) is 5.38. The van der Waals surface area contributed by atoms with Gasteiger partial charge in [0.1, 0.15) is 6.04 Å². The topological polar surface area (TPSA) is 112 Å². The molecule has 38 heavy (non-hydrogen) atoms. The van der Waals surface area contributed by atoms with Crippen LogP contribution in [0, 0.1) is 5.92 Å². The predicted molar refractivity (Wildman–Crippen MR) is 146 cm³/mol. The van der Waals surface area contributed by atoms with Gasteiger partial charge in [0.05, 0.1) is 0 Å². The molecular weight excluding hydrogens is 478 g/mol. The minimum absolute atomic E-state index is 0.134. The van der Waals surface area contributed by atoms with Crippen molar-refractivity contribution < 1.29 is 14.7 Å². The van der Waals surface area contributed by atoms with Gasteiger partial charge in [-0.05, 0) is 52.6 Å². The summed E-state index contributed by atoms with van der Waals surface area (Å²) < 4.78 is 0. The van der Waals surface area contributed by atoms with Gasteiger partial charge < -0.3 is 10.0 Å². The van der Waals surface area contributed by atoms with Crippen molar-refractivity contribution in [2.45, 2.75) is 52.1 Å². The van der Waals surface area contributed by atoms with Crippen LogP contribution in [-0.2, 0) is 22.6 Å². The average molecular weight is 512 g/mol. The number of aliphatic carboxylic acids is 1. The van der Waals surface area contributed by atoms with Crippen LogP contribution in [0.3, 0.4) is 0 Å². The molecule has 1 atom stereocenters. The number of H-pyrrole nitrogens is 1. The molecule has 0 saturated carbocycles. The molecule has 0 saturated heterocycles. The lowest BCUT2D eigenvalue weighted by molar-refractivity contribution is -0.153. The summed E-state index contributed by atoms with van der Waals surface area (Å²) in [5.41, 5.74) is 4.88. The molecule has 4 aromatic rings. The van der Waals surface area contributed by atoms with Crippen molar-refractivity contribution in [3.63, 3.8) is 0 Å². The smallest absolute Gasteiger partial charge is 0.326 e. The second-order valence-electron chi connectivity index (χ2n) is 9.72. The largest absolute Gasteiger partial charge is 0.480 e. The van der Waals surface area contributed by atoms with E-state index >= 15 is 0 Å². The quantitative estimate of drug-likeness (QED) is 0.247. The maximum absolute atomic E-state index is 13.3. The first-order valence-electron chi connectivity index (χ1n) is 12.9. The number of tetrazole rings is 1. The number of benzene rings is 3. The van der Waals surface area contributed by atoms with Gasteiger partial charge in [-0.3, -0.25) is 4.79 Å². The van der Waals surface area contributed by atoms with Gasteiger partial charge >= 0.3 is 5.97 Å². The van der Waals surface area contributed by atoms with Crippen molar-refractivity contribution in [2.75, 3.05) is 0 Å². The van der Waals surface area contributed by atoms with Crippen LogP contribution in [0.4, 0.5) is 0 Å². The van der Waals surface area contributed by atoms with Crippen molar-refractivity contribution >= 4 is 11.9 Å². The van der Waals surface area contributed by atoms with Crippen LogP contribution in [0.1, 0.15) is 44.2 Å². The number of nitrogens with one attached hydrogen (secondary N) is 1. The molecule has 4 rings (SSSR count). The Morgan fingerprint density at radius 3 is 2.18 bits per heavy atom. The first-order valence-corrected chi connectivity index (χ1v) is 12.9. The molecule has 0 spiro atoms. The molecule has 2 N–H and O–H groups in total. The number of hydrogen-bond acceptors (Lipinski definition) is 5. The molecule has 1 heterocycles. The average Bonchev–Trinajstić information content (AvgIpc) is 3.46. The van der Waals surface area contributed by atoms with E-state index in [9.17, 15) is 14.7 Å². The number of carboxylic acid groups (broad SMARTS) is 1. The number of carbonyl (C=O) groups excluding carboxylic acids is 1. The number of rotatable bonds is 12. The summed E-state index contributed by atoms with van der Waals surface area (Å²) in [7, 11) is 0. The van der Waals surface area contributed by atoms with Crippen LogP contribution in [-0.4, -0.2) is 48.5 Å². The van der Waals surface area contributed by atoms with E-state index in [1.807, 2.05) is 80.6 Å². The fourth-order valence-electron chi connectivity index (χ4n) is 4.71. The van der Waals surface area contributed by atoms with E-state index in [-0.39, 0.29) is 18.4 Å². The van der Waals surface area contributed by atoms with E-state index in [0.29, 0.717) is 18.7 Å². The standard InChI is InChI=1S/C30H33N5O3/c1-21(2)28(30(37)38)35(27(36)15-9-6-12-22-10-4-3-5-11-22)20-23-16-18-24(19-17-23)25-13-7-8-14-26(25)29-31-33-34-32-29/h3-5,7-8,10-11,13-14,16-19,21,28H,6,9,12,15,20H2,1-2H3,(H,37,38)(H,31,32,33,34)/t28-/m0/s1. The van der Waals surface area contributed by atoms with E-state index in [1.54, 1.807) is 0 Å². The number of hydrogen-bond donors (Lipinski definition) is 2. The zero-order valence-electron chi connectivity index (χ0n) is 21.7. The molecule has 0 fully saturated rings. The Kier molecular flexibility index (Phi) is 8.98. The Labute approximate surface area is 222 Å². The summed E-state index contributed by atoms with van der Waals surface area (Å²) in [4.78, 5) is 27.0. The Morgan fingerprint density at radius 1 is 0.868 bits per heavy atom. The van der Waals surface area contributed by atoms with Crippen LogP contribution in [0.15, 0.2) is 78.9 Å². The molecule has 1 amide bonds. The number of aromatic amines is 1. The van der Waals surface area contributed by atoms with Crippen molar-refractivity contribution in [1.29, 1.82) is 0 Å². The molecule has 8 heteroatoms. The van der Waals surface area contributed by atoms with Gasteiger partial charge in [0, 0.05) is 18.5 Å². The van der Waals surface area contributed by atoms with Gasteiger partial charge in [-0.2, -0.15) is 5.21 Å². The monoisotopic (exact) mass is 511 g/mol. The number of amides is 1. The number of nitrogens with zero attached hydrogens (tertiary/aromatic N) is 4. The number of carbonyl (C=O) groups is 2. The maximum Gasteiger partial charge on any atom is 0.326 e. The van der Waals surface area contributed by atoms with Gasteiger partial charge in [-0.15, -0.1) is 10.2 Å². The van der Waals surface area contributed by atoms with Crippen LogP contribution in [0.5, 0.6) is 0 Å². The second-order valence-corrected chi connectivity index (χ2v) is 9.72. The Hall–Kier alpha value is -4.33. The molecular formula is C30H33N5O3. The lowest BCUT2D eigenvalue weighted by atomic mass is 9.97. The molecule has 0 aliphatic carbocycles. The molecule has 0 aliphatic rings. The van der Waals surface area contributed by atoms with E-state index < -0.39 is 12.0 Å². The van der Waals surface area contributed by atoms with Crippen LogP contribution >= 0.6 is 0 Å². The highest BCUT2D eigenvalue weighted by molar-refractivity contribution is 5.84. The van der Waals surface area contributed by atoms with E-state index in [0.717, 1.165) is 35.1 Å². The molecule has 0 bridgehead atoms. The van der Waals surface area contributed by atoms with Gasteiger partial charge in [0.15, 0.2) is 0 Å². The highest BCUT2D eigenvalue weighted by Gasteiger charge is 2.32. The van der Waals surface area contributed by atoms with Gasteiger partial charge in [-0.25, -0.2) is 4.79 Å². The highest BCUT2D eigenvalue weighted by atomic mass is 16.4. The Balaban J connectivity index is 1.48. The molecule has 8 nitrogen and oxygen atoms in total. The minimum atomic E-state index is -0.983. The Morgan fingerprint density at radius 2 is 1.55 bits per heavy atom. The number of aromatic nitrogens is 4. The summed E-state index contributed by atoms with van der Waals surface area (Å²) >= 11 is 0. The number of unbranched alkanes of at least 4 members (excludes halogenated alkanes) is 1. The van der Waals surface area contributed by atoms with Crippen molar-refractivity contribution in [1.82, 2.24) is 25.5 Å². The third-order valence-corrected chi connectivity index (χ3v) is 6.62. The fraction of sp³-hybridized carbons (Fsp3) is 0.300. The number of aryl methyl sites for hydroxylation is 1. The SMILES string of the molecule is CC(C)[C@@H](C(=O)O)N(Cc1ccc(-c2ccccc2-c2nn[nH]n2)cc1)C(=O)CCCCc1ccccc1. The third-order valence-electron chi connectivity index (χ3n) is 6.62. The first-order chi connectivity index (χ1) is 18.4. The summed E-state index contributed by atoms with van der Waals surface area (Å²) in [6.07, 6.45) is 2.80. The molecule has 196 valence electrons. The highest BCUT2D eigenvalue weighted by Crippen LogP contribution is 2.30. The molecule has 1 aromatic heterocycles. The van der Waals surface area contributed by atoms with E-state index in [4.69, 9.17) is 0 Å². The normalized spacial score (nSPS) is 11.9. The van der Waals surface area contributed by atoms with Crippen molar-refractivity contribution in [3.05, 3.63) is 90.0 Å². The van der Waals surface area contributed by atoms with Crippen LogP contribution in [0.2, 0.25) is 0 Å². The fourth-order valence-corrected chi connectivity index (χ4v) is 4.71. The van der Waals surface area contributed by atoms with Crippen molar-refractivity contribution in [3.8, 4) is 22.5 Å². The molecule has 3 aromatic carbocycles. The minimum Gasteiger partial charge on any atom is -0.480 e. The number of carboxylic acids is 1. The van der Waals surface area contributed by atoms with Crippen LogP contribution in [0.25, 0.3) is 22.5 Å². The maximum atomic E-state index is 13.3. The lowest BCUT2D eigenvalue weighted by Gasteiger charge is -2.32. The summed E-state index contributed by atoms with van der Waals surface area (Å²) in [5.74, 6) is -0.828. The van der Waals surface area contributed by atoms with Gasteiger partial charge in [-0.1, -0.05) is 92.7 Å². The summed E-state index contributed by atoms with van der Waals surface area (Å²) in [5, 5.41) is 24.3. The third kappa shape index (κ3) is 6.70. The van der Waals surface area contributed by atoms with E-state index in [2.05, 4.69) is 32.8 Å². The Bertz CT molecular complexity index is 1320. The van der Waals surface area contributed by atoms with Crippen molar-refractivity contribution in [2.24, 2.45) is 5.92 Å². The van der Waals surface area contributed by atoms with Gasteiger partial charge in [0.25, 0.3) is 0 Å². The first kappa shape index (κ1) is 26.7. The second kappa shape index (κ2) is 12.8.